The highest BCUT2D eigenvalue weighted by Crippen LogP contribution is 2.18. The molecular weight excluding hydrogens is 254 g/mol. The molecule has 0 fully saturated rings. The summed E-state index contributed by atoms with van der Waals surface area (Å²) in [5, 5.41) is 4.22. The number of nitrogens with zero attached hydrogens (tertiary/aromatic N) is 1. The van der Waals surface area contributed by atoms with Crippen LogP contribution in [0.2, 0.25) is 0 Å². The van der Waals surface area contributed by atoms with Crippen LogP contribution in [0.5, 0.6) is 0 Å². The van der Waals surface area contributed by atoms with Crippen LogP contribution in [0.3, 0.4) is 0 Å². The monoisotopic (exact) mass is 269 g/mol. The molecule has 0 heterocycles. The van der Waals surface area contributed by atoms with Crippen molar-refractivity contribution >= 4 is 34.8 Å². The number of methoxy groups -OCH3 is 1. The van der Waals surface area contributed by atoms with Crippen molar-refractivity contribution in [3.8, 4) is 0 Å². The van der Waals surface area contributed by atoms with Gasteiger partial charge in [0.15, 0.2) is 5.11 Å². The fraction of sp³-hybridized carbons (Fsp3) is 0.273. The zero-order valence-electron chi connectivity index (χ0n) is 9.77. The van der Waals surface area contributed by atoms with Gasteiger partial charge >= 0.3 is 0 Å². The van der Waals surface area contributed by atoms with Gasteiger partial charge in [-0.05, 0) is 36.8 Å². The van der Waals surface area contributed by atoms with Gasteiger partial charge in [-0.1, -0.05) is 23.9 Å². The first kappa shape index (κ1) is 14.0. The van der Waals surface area contributed by atoms with Gasteiger partial charge in [0.25, 0.3) is 0 Å². The molecule has 1 aromatic rings. The molecule has 0 radical (unpaired) electrons. The van der Waals surface area contributed by atoms with Gasteiger partial charge in [0.05, 0.1) is 11.7 Å². The maximum atomic E-state index is 5.29. The molecular formula is C11H15N3OS2. The maximum absolute atomic E-state index is 5.29. The Labute approximate surface area is 111 Å². The summed E-state index contributed by atoms with van der Waals surface area (Å²) in [7, 11) is 1.68. The number of nitrogens with one attached hydrogen (secondary N) is 1. The highest BCUT2D eigenvalue weighted by Gasteiger charge is 1.98. The molecule has 4 nitrogen and oxygen atoms in total. The highest BCUT2D eigenvalue weighted by atomic mass is 32.2. The molecule has 3 N–H and O–H groups in total. The number of thioether (sulfide) groups is 1. The maximum Gasteiger partial charge on any atom is 0.184 e. The Hall–Kier alpha value is -1.11. The van der Waals surface area contributed by atoms with E-state index in [1.165, 1.54) is 0 Å². The predicted molar refractivity (Wildman–Crippen MR) is 76.3 cm³/mol. The summed E-state index contributed by atoms with van der Waals surface area (Å²) < 4.78 is 4.99. The fourth-order valence-corrected chi connectivity index (χ4v) is 1.75. The number of hydrogen-bond acceptors (Lipinski definition) is 4. The average molecular weight is 269 g/mol. The van der Waals surface area contributed by atoms with E-state index in [9.17, 15) is 0 Å². The van der Waals surface area contributed by atoms with Gasteiger partial charge in [0.1, 0.15) is 0 Å². The molecule has 0 aliphatic rings. The van der Waals surface area contributed by atoms with Crippen LogP contribution in [0.15, 0.2) is 34.3 Å². The van der Waals surface area contributed by atoms with E-state index in [0.717, 1.165) is 16.2 Å². The average Bonchev–Trinajstić information content (AvgIpc) is 2.34. The summed E-state index contributed by atoms with van der Waals surface area (Å²) in [6, 6.07) is 8.05. The number of ether oxygens (including phenoxy) is 1. The van der Waals surface area contributed by atoms with Crippen LogP contribution >= 0.6 is 24.0 Å². The molecule has 0 amide bonds. The lowest BCUT2D eigenvalue weighted by Gasteiger charge is -2.04. The molecule has 0 bridgehead atoms. The summed E-state index contributed by atoms with van der Waals surface area (Å²) in [6.07, 6.45) is 0. The number of rotatable bonds is 5. The molecule has 0 unspecified atom stereocenters. The first-order valence-electron chi connectivity index (χ1n) is 4.95. The lowest BCUT2D eigenvalue weighted by molar-refractivity contribution is 0.259. The van der Waals surface area contributed by atoms with Crippen molar-refractivity contribution < 1.29 is 4.74 Å². The van der Waals surface area contributed by atoms with Crippen LogP contribution in [0.4, 0.5) is 0 Å². The standard InChI is InChI=1S/C11H15N3OS2/c1-8(13-14-11(12)16)9-3-5-10(6-4-9)17-7-15-2/h3-6H,7H2,1-2H3,(H3,12,14,16)/b13-8-. The van der Waals surface area contributed by atoms with E-state index in [1.54, 1.807) is 18.9 Å². The van der Waals surface area contributed by atoms with Gasteiger partial charge in [-0.25, -0.2) is 0 Å². The van der Waals surface area contributed by atoms with Crippen molar-refractivity contribution in [3.05, 3.63) is 29.8 Å². The third kappa shape index (κ3) is 5.16. The first-order chi connectivity index (χ1) is 8.13. The number of hydrazone groups is 1. The van der Waals surface area contributed by atoms with Crippen LogP contribution < -0.4 is 11.2 Å². The van der Waals surface area contributed by atoms with E-state index in [0.29, 0.717) is 5.94 Å². The SMILES string of the molecule is COCSc1ccc(/C(C)=N\NC(N)=S)cc1. The molecule has 0 saturated carbocycles. The minimum Gasteiger partial charge on any atom is -0.375 e. The zero-order valence-corrected chi connectivity index (χ0v) is 11.4. The van der Waals surface area contributed by atoms with Gasteiger partial charge in [-0.15, -0.1) is 0 Å². The predicted octanol–water partition coefficient (Wildman–Crippen LogP) is 1.94. The summed E-state index contributed by atoms with van der Waals surface area (Å²) in [6.45, 7) is 1.89. The van der Waals surface area contributed by atoms with Crippen molar-refractivity contribution in [1.82, 2.24) is 5.43 Å². The number of nitrogens with two attached hydrogens (primary N) is 1. The van der Waals surface area contributed by atoms with Crippen LogP contribution in [0, 0.1) is 0 Å². The molecule has 92 valence electrons. The van der Waals surface area contributed by atoms with Crippen molar-refractivity contribution in [2.75, 3.05) is 13.0 Å². The second-order valence-corrected chi connectivity index (χ2v) is 4.68. The Bertz CT molecular complexity index is 404. The second-order valence-electron chi connectivity index (χ2n) is 3.25. The molecule has 0 aliphatic carbocycles. The molecule has 0 atom stereocenters. The number of hydrogen-bond donors (Lipinski definition) is 2. The van der Waals surface area contributed by atoms with Crippen LogP contribution in [0.1, 0.15) is 12.5 Å². The number of benzene rings is 1. The van der Waals surface area contributed by atoms with E-state index < -0.39 is 0 Å². The van der Waals surface area contributed by atoms with Crippen molar-refractivity contribution in [3.63, 3.8) is 0 Å². The third-order valence-electron chi connectivity index (χ3n) is 1.95. The molecule has 0 saturated heterocycles. The Morgan fingerprint density at radius 2 is 2.12 bits per heavy atom. The zero-order chi connectivity index (χ0) is 12.7. The van der Waals surface area contributed by atoms with E-state index in [1.807, 2.05) is 31.2 Å². The Balaban J connectivity index is 2.66. The molecule has 1 aromatic carbocycles. The van der Waals surface area contributed by atoms with Gasteiger partial charge in [0, 0.05) is 12.0 Å². The minimum absolute atomic E-state index is 0.164. The number of thiocarbonyl (C=S) groups is 1. The largest absolute Gasteiger partial charge is 0.375 e. The Kier molecular flexibility index (Phi) is 5.96. The van der Waals surface area contributed by atoms with E-state index in [4.69, 9.17) is 10.5 Å². The second kappa shape index (κ2) is 7.26. The van der Waals surface area contributed by atoms with Crippen molar-refractivity contribution in [1.29, 1.82) is 0 Å². The molecule has 17 heavy (non-hydrogen) atoms. The van der Waals surface area contributed by atoms with Crippen molar-refractivity contribution in [2.45, 2.75) is 11.8 Å². The summed E-state index contributed by atoms with van der Waals surface area (Å²) in [5.74, 6) is 0.648. The minimum atomic E-state index is 0.164. The van der Waals surface area contributed by atoms with Crippen LogP contribution in [0.25, 0.3) is 0 Å². The molecule has 0 spiro atoms. The van der Waals surface area contributed by atoms with Crippen LogP contribution in [-0.2, 0) is 4.74 Å². The summed E-state index contributed by atoms with van der Waals surface area (Å²) >= 11 is 6.32. The topological polar surface area (TPSA) is 59.6 Å². The molecule has 0 aromatic heterocycles. The quantitative estimate of drug-likeness (QED) is 0.281. The third-order valence-corrected chi connectivity index (χ3v) is 3.00. The van der Waals surface area contributed by atoms with Crippen molar-refractivity contribution in [2.24, 2.45) is 10.8 Å². The fourth-order valence-electron chi connectivity index (χ4n) is 1.12. The summed E-state index contributed by atoms with van der Waals surface area (Å²) in [4.78, 5) is 1.16. The Morgan fingerprint density at radius 1 is 1.47 bits per heavy atom. The van der Waals surface area contributed by atoms with E-state index in [-0.39, 0.29) is 5.11 Å². The Morgan fingerprint density at radius 3 is 2.65 bits per heavy atom. The lowest BCUT2D eigenvalue weighted by Crippen LogP contribution is -2.25. The molecule has 6 heteroatoms. The van der Waals surface area contributed by atoms with Gasteiger partial charge in [0.2, 0.25) is 0 Å². The van der Waals surface area contributed by atoms with Gasteiger partial charge < -0.3 is 10.5 Å². The highest BCUT2D eigenvalue weighted by molar-refractivity contribution is 7.99. The lowest BCUT2D eigenvalue weighted by atomic mass is 10.1. The van der Waals surface area contributed by atoms with Gasteiger partial charge in [-0.3, -0.25) is 5.43 Å². The molecule has 1 rings (SSSR count). The van der Waals surface area contributed by atoms with E-state index in [2.05, 4.69) is 22.7 Å². The van der Waals surface area contributed by atoms with E-state index >= 15 is 0 Å². The normalized spacial score (nSPS) is 11.3. The molecule has 0 aliphatic heterocycles. The van der Waals surface area contributed by atoms with Gasteiger partial charge in [-0.2, -0.15) is 5.10 Å². The van der Waals surface area contributed by atoms with Crippen LogP contribution in [-0.4, -0.2) is 23.9 Å². The smallest absolute Gasteiger partial charge is 0.184 e. The first-order valence-corrected chi connectivity index (χ1v) is 6.34. The summed E-state index contributed by atoms with van der Waals surface area (Å²) in [5.41, 5.74) is 9.72.